The molecule has 0 unspecified atom stereocenters. The number of hydrogen-bond acceptors (Lipinski definition) is 0. The fourth-order valence-corrected chi connectivity index (χ4v) is 0. The molecule has 4 heavy (non-hydrogen) atoms. The zero-order chi connectivity index (χ0) is 0. The van der Waals surface area contributed by atoms with Crippen LogP contribution in [0.4, 0.5) is 0 Å². The van der Waals surface area contributed by atoms with Crippen LogP contribution in [0.5, 0.6) is 0 Å². The van der Waals surface area contributed by atoms with E-state index in [0.29, 0.717) is 0 Å². The zero-order valence-corrected chi connectivity index (χ0v) is 7.07. The van der Waals surface area contributed by atoms with Crippen LogP contribution in [0.1, 0.15) is 0 Å². The molecule has 0 fully saturated rings. The third-order valence-corrected chi connectivity index (χ3v) is 0. The summed E-state index contributed by atoms with van der Waals surface area (Å²) < 4.78 is 0. The summed E-state index contributed by atoms with van der Waals surface area (Å²) in [5.74, 6) is 0. The van der Waals surface area contributed by atoms with Gasteiger partial charge in [-0.2, -0.15) is 0 Å². The molecule has 0 spiro atoms. The predicted molar refractivity (Wildman–Crippen MR) is 5.75 cm³/mol. The average molecular weight is 307 g/mol. The maximum atomic E-state index is 0. The van der Waals surface area contributed by atoms with Crippen LogP contribution in [0.25, 0.3) is 0 Å². The third-order valence-electron chi connectivity index (χ3n) is 0. The van der Waals surface area contributed by atoms with Crippen LogP contribution >= 0.6 is 0 Å². The van der Waals surface area contributed by atoms with Gasteiger partial charge >= 0.3 is 0 Å². The summed E-state index contributed by atoms with van der Waals surface area (Å²) in [5.41, 5.74) is 0. The Hall–Kier alpha value is 1.83. The minimum atomic E-state index is 0. The molecule has 0 aliphatic carbocycles. The molecule has 0 nitrogen and oxygen atoms in total. The van der Waals surface area contributed by atoms with Crippen molar-refractivity contribution in [2.75, 3.05) is 0 Å². The van der Waals surface area contributed by atoms with Gasteiger partial charge in [0.05, 0.1) is 0 Å². The van der Waals surface area contributed by atoms with Crippen LogP contribution in [0.3, 0.4) is 0 Å². The third kappa shape index (κ3) is 9.16. The Balaban J connectivity index is 0. The van der Waals surface area contributed by atoms with Gasteiger partial charge in [-0.25, -0.2) is 0 Å². The summed E-state index contributed by atoms with van der Waals surface area (Å²) >= 11 is 0. The smallest absolute Gasteiger partial charge is 0 e. The zero-order valence-electron chi connectivity index (χ0n) is 1.71. The first-order chi connectivity index (χ1) is 0. The summed E-state index contributed by atoms with van der Waals surface area (Å²) in [5, 5.41) is 0. The van der Waals surface area contributed by atoms with Gasteiger partial charge < -0.3 is 0 Å². The molecule has 0 heterocycles. The summed E-state index contributed by atoms with van der Waals surface area (Å²) in [7, 11) is 0. The molecule has 0 aromatic carbocycles. The number of rotatable bonds is 0. The maximum Gasteiger partial charge on any atom is 0 e. The van der Waals surface area contributed by atoms with Crippen molar-refractivity contribution in [1.29, 1.82) is 0 Å². The quantitative estimate of drug-likeness (QED) is 0.535. The molecule has 0 N–H and O–H groups in total. The van der Waals surface area contributed by atoms with E-state index >= 15 is 0 Å². The van der Waals surface area contributed by atoms with Gasteiger partial charge in [0.15, 0.2) is 0 Å². The molecular weight excluding hydrogens is 307 g/mol. The molecule has 0 atom stereocenters. The van der Waals surface area contributed by atoms with Crippen molar-refractivity contribution in [2.45, 2.75) is 0 Å². The Labute approximate surface area is 64.2 Å². The Kier molecular flexibility index (Phi) is 215. The molecule has 0 aliphatic rings. The molecule has 4 heteroatoms. The molecule has 25 valence electrons. The van der Waals surface area contributed by atoms with Crippen molar-refractivity contribution in [2.24, 2.45) is 0 Å². The van der Waals surface area contributed by atoms with E-state index in [9.17, 15) is 0 Å². The van der Waals surface area contributed by atoms with Crippen molar-refractivity contribution in [1.82, 2.24) is 0 Å². The molecule has 0 amide bonds. The van der Waals surface area contributed by atoms with Gasteiger partial charge in [0.1, 0.15) is 0 Å². The Morgan fingerprint density at radius 2 is 1.00 bits per heavy atom. The Morgan fingerprint density at radius 1 is 1.00 bits per heavy atom. The first-order valence-electron chi connectivity index (χ1n) is 0. The van der Waals surface area contributed by atoms with E-state index in [2.05, 4.69) is 0 Å². The van der Waals surface area contributed by atoms with Gasteiger partial charge in [0, 0.05) is 64.6 Å². The maximum absolute atomic E-state index is 0. The molecule has 5 radical (unpaired) electrons. The first kappa shape index (κ1) is 40.6. The summed E-state index contributed by atoms with van der Waals surface area (Å²) in [6.07, 6.45) is 0. The standard InChI is InChI=1S/B.Co.Fe.Ta. The van der Waals surface area contributed by atoms with E-state index in [0.717, 1.165) is 0 Å². The van der Waals surface area contributed by atoms with E-state index in [1.165, 1.54) is 0 Å². The SMILES string of the molecule is [B].[Co].[Fe].[Ta]. The van der Waals surface area contributed by atoms with Crippen LogP contribution < -0.4 is 0 Å². The van der Waals surface area contributed by atoms with Crippen LogP contribution in [0, 0.1) is 0 Å². The molecule has 0 aromatic rings. The van der Waals surface area contributed by atoms with Gasteiger partial charge in [0.25, 0.3) is 0 Å². The van der Waals surface area contributed by atoms with Crippen LogP contribution in [0.15, 0.2) is 0 Å². The summed E-state index contributed by atoms with van der Waals surface area (Å²) in [6, 6.07) is 0. The molecule has 0 aromatic heterocycles. The second kappa shape index (κ2) is 21.1. The topological polar surface area (TPSA) is 0 Å². The van der Waals surface area contributed by atoms with Crippen molar-refractivity contribution >= 4 is 8.41 Å². The molecule has 0 aliphatic heterocycles. The van der Waals surface area contributed by atoms with Crippen LogP contribution in [-0.4, -0.2) is 8.41 Å². The molecular formula is BCoFeTa. The molecule has 0 saturated carbocycles. The van der Waals surface area contributed by atoms with Gasteiger partial charge in [-0.3, -0.25) is 0 Å². The Morgan fingerprint density at radius 3 is 1.00 bits per heavy atom. The molecule has 0 rings (SSSR count). The first-order valence-corrected chi connectivity index (χ1v) is 0. The second-order valence-corrected chi connectivity index (χ2v) is 0. The van der Waals surface area contributed by atoms with Crippen molar-refractivity contribution < 1.29 is 56.2 Å². The predicted octanol–water partition coefficient (Wildman–Crippen LogP) is -0.388. The van der Waals surface area contributed by atoms with Crippen LogP contribution in [0.2, 0.25) is 0 Å². The van der Waals surface area contributed by atoms with Gasteiger partial charge in [-0.15, -0.1) is 0 Å². The Bertz CT molecular complexity index is 8.00. The van der Waals surface area contributed by atoms with E-state index in [1.54, 1.807) is 0 Å². The number of hydrogen-bond donors (Lipinski definition) is 0. The van der Waals surface area contributed by atoms with Gasteiger partial charge in [-0.1, -0.05) is 0 Å². The van der Waals surface area contributed by atoms with Crippen molar-refractivity contribution in [3.8, 4) is 0 Å². The average Bonchev–Trinajstić information content (AvgIpc) is 0. The van der Waals surface area contributed by atoms with E-state index in [1.807, 2.05) is 0 Å². The molecule has 0 saturated heterocycles. The van der Waals surface area contributed by atoms with Crippen LogP contribution in [-0.2, 0) is 56.2 Å². The normalized spacial score (nSPS) is 0. The second-order valence-electron chi connectivity index (χ2n) is 0. The van der Waals surface area contributed by atoms with E-state index in [-0.39, 0.29) is 64.6 Å². The fraction of sp³-hybridized carbons (Fsp3) is 0. The van der Waals surface area contributed by atoms with Crippen molar-refractivity contribution in [3.63, 3.8) is 0 Å². The minimum absolute atomic E-state index is 0. The van der Waals surface area contributed by atoms with E-state index in [4.69, 9.17) is 0 Å². The van der Waals surface area contributed by atoms with E-state index < -0.39 is 0 Å². The fourth-order valence-electron chi connectivity index (χ4n) is 0. The largest absolute Gasteiger partial charge is 0 e. The van der Waals surface area contributed by atoms with Gasteiger partial charge in [0.2, 0.25) is 0 Å². The summed E-state index contributed by atoms with van der Waals surface area (Å²) in [6.45, 7) is 0. The minimum Gasteiger partial charge on any atom is 0 e. The molecule has 0 bridgehead atoms. The van der Waals surface area contributed by atoms with Gasteiger partial charge in [-0.05, 0) is 0 Å². The van der Waals surface area contributed by atoms with Crippen molar-refractivity contribution in [3.05, 3.63) is 0 Å². The monoisotopic (exact) mass is 307 g/mol. The summed E-state index contributed by atoms with van der Waals surface area (Å²) in [4.78, 5) is 0.